The second-order valence-electron chi connectivity index (χ2n) is 7.96. The van der Waals surface area contributed by atoms with Gasteiger partial charge in [-0.05, 0) is 44.4 Å². The van der Waals surface area contributed by atoms with Gasteiger partial charge in [0.2, 0.25) is 11.7 Å². The molecule has 0 unspecified atom stereocenters. The van der Waals surface area contributed by atoms with E-state index in [1.807, 2.05) is 43.3 Å². The van der Waals surface area contributed by atoms with Gasteiger partial charge in [0.1, 0.15) is 28.8 Å². The van der Waals surface area contributed by atoms with Gasteiger partial charge in [0.05, 0.1) is 24.8 Å². The number of nitrogens with zero attached hydrogens (tertiary/aromatic N) is 6. The van der Waals surface area contributed by atoms with Gasteiger partial charge < -0.3 is 24.4 Å². The summed E-state index contributed by atoms with van der Waals surface area (Å²) in [4.78, 5) is 21.9. The molecule has 0 radical (unpaired) electrons. The van der Waals surface area contributed by atoms with Gasteiger partial charge in [0.15, 0.2) is 5.01 Å². The van der Waals surface area contributed by atoms with Gasteiger partial charge in [-0.2, -0.15) is 0 Å². The number of nitro groups is 1. The topological polar surface area (TPSA) is 138 Å². The van der Waals surface area contributed by atoms with E-state index in [-0.39, 0.29) is 24.0 Å². The minimum absolute atomic E-state index is 0.115. The largest absolute Gasteiger partial charge is 0.497 e. The van der Waals surface area contributed by atoms with Crippen LogP contribution in [0.3, 0.4) is 0 Å². The van der Waals surface area contributed by atoms with Crippen molar-refractivity contribution in [2.45, 2.75) is 0 Å². The summed E-state index contributed by atoms with van der Waals surface area (Å²) >= 11 is 1.38. The molecule has 0 aliphatic rings. The van der Waals surface area contributed by atoms with E-state index in [4.69, 9.17) is 14.2 Å². The number of likely N-dealkylation sites (N-methyl/N-ethyl adjacent to an activating group) is 1. The fraction of sp³-hybridized carbons (Fsp3) is 0.250. The first-order valence-corrected chi connectivity index (χ1v) is 11.9. The molecule has 12 nitrogen and oxygen atoms in total. The first-order valence-electron chi connectivity index (χ1n) is 11.1. The van der Waals surface area contributed by atoms with Crippen LogP contribution in [0.2, 0.25) is 0 Å². The number of hydrogen-bond acceptors (Lipinski definition) is 12. The SMILES string of the molecule is COc1ccc(-c2nnc(-c3ccnc(Nc4cc([N+](=O)[O-])c(OCCN(C)C)cc4OC)n3)s2)cc1. The summed E-state index contributed by atoms with van der Waals surface area (Å²) in [7, 11) is 6.86. The average Bonchev–Trinajstić information content (AvgIpc) is 3.39. The predicted octanol–water partition coefficient (Wildman–Crippen LogP) is 4.27. The van der Waals surface area contributed by atoms with E-state index < -0.39 is 4.92 Å². The molecule has 4 aromatic rings. The lowest BCUT2D eigenvalue weighted by Crippen LogP contribution is -2.19. The van der Waals surface area contributed by atoms with E-state index in [9.17, 15) is 10.1 Å². The van der Waals surface area contributed by atoms with E-state index >= 15 is 0 Å². The molecule has 0 bridgehead atoms. The summed E-state index contributed by atoms with van der Waals surface area (Å²) in [5, 5.41) is 24.6. The summed E-state index contributed by atoms with van der Waals surface area (Å²) < 4.78 is 16.3. The Kier molecular flexibility index (Phi) is 8.05. The molecule has 0 aliphatic carbocycles. The van der Waals surface area contributed by atoms with Gasteiger partial charge in [-0.1, -0.05) is 11.3 Å². The Morgan fingerprint density at radius 3 is 2.46 bits per heavy atom. The van der Waals surface area contributed by atoms with Gasteiger partial charge in [-0.25, -0.2) is 9.97 Å². The van der Waals surface area contributed by atoms with Crippen molar-refractivity contribution in [3.8, 4) is 38.5 Å². The smallest absolute Gasteiger partial charge is 0.313 e. The van der Waals surface area contributed by atoms with Gasteiger partial charge in [0.25, 0.3) is 0 Å². The molecule has 0 saturated carbocycles. The highest BCUT2D eigenvalue weighted by atomic mass is 32.1. The molecule has 0 saturated heterocycles. The molecule has 192 valence electrons. The van der Waals surface area contributed by atoms with E-state index in [0.717, 1.165) is 16.3 Å². The molecule has 0 spiro atoms. The second kappa shape index (κ2) is 11.6. The summed E-state index contributed by atoms with van der Waals surface area (Å²) in [5.41, 5.74) is 1.57. The van der Waals surface area contributed by atoms with E-state index in [1.54, 1.807) is 19.4 Å². The maximum atomic E-state index is 11.7. The molecule has 37 heavy (non-hydrogen) atoms. The van der Waals surface area contributed by atoms with Gasteiger partial charge in [-0.15, -0.1) is 10.2 Å². The maximum Gasteiger partial charge on any atom is 0.313 e. The normalized spacial score (nSPS) is 10.8. The molecule has 2 heterocycles. The van der Waals surface area contributed by atoms with Crippen molar-refractivity contribution < 1.29 is 19.1 Å². The lowest BCUT2D eigenvalue weighted by Gasteiger charge is -2.14. The van der Waals surface area contributed by atoms with Crippen LogP contribution in [0.4, 0.5) is 17.3 Å². The first kappa shape index (κ1) is 25.7. The number of methoxy groups -OCH3 is 2. The Morgan fingerprint density at radius 1 is 1.03 bits per heavy atom. The standard InChI is InChI=1S/C24H25N7O5S/c1-30(2)11-12-36-21-14-20(35-4)18(13-19(21)31(32)33)27-24-25-10-9-17(26-24)23-29-28-22(37-23)15-5-7-16(34-3)8-6-15/h5-10,13-14H,11-12H2,1-4H3,(H,25,26,27). The summed E-state index contributed by atoms with van der Waals surface area (Å²) in [5.74, 6) is 1.43. The van der Waals surface area contributed by atoms with Crippen LogP contribution in [0.1, 0.15) is 0 Å². The predicted molar refractivity (Wildman–Crippen MR) is 140 cm³/mol. The van der Waals surface area contributed by atoms with Crippen LogP contribution in [0, 0.1) is 10.1 Å². The van der Waals surface area contributed by atoms with Crippen molar-refractivity contribution in [3.05, 3.63) is 58.8 Å². The van der Waals surface area contributed by atoms with Crippen LogP contribution >= 0.6 is 11.3 Å². The van der Waals surface area contributed by atoms with Gasteiger partial charge >= 0.3 is 5.69 Å². The maximum absolute atomic E-state index is 11.7. The third-order valence-electron chi connectivity index (χ3n) is 5.16. The first-order chi connectivity index (χ1) is 17.9. The zero-order valence-corrected chi connectivity index (χ0v) is 21.5. The highest BCUT2D eigenvalue weighted by molar-refractivity contribution is 7.17. The third-order valence-corrected chi connectivity index (χ3v) is 6.15. The molecule has 0 atom stereocenters. The molecule has 0 fully saturated rings. The quantitative estimate of drug-likeness (QED) is 0.223. The summed E-state index contributed by atoms with van der Waals surface area (Å²) in [6, 6.07) is 12.1. The Bertz CT molecular complexity index is 1380. The molecule has 1 N–H and O–H groups in total. The zero-order valence-electron chi connectivity index (χ0n) is 20.7. The zero-order chi connectivity index (χ0) is 26.4. The Balaban J connectivity index is 1.58. The number of anilines is 2. The Labute approximate surface area is 217 Å². The number of rotatable bonds is 11. The average molecular weight is 524 g/mol. The van der Waals surface area contributed by atoms with Crippen LogP contribution in [0.5, 0.6) is 17.2 Å². The van der Waals surface area contributed by atoms with E-state index in [2.05, 4.69) is 25.5 Å². The molecule has 0 amide bonds. The highest BCUT2D eigenvalue weighted by Crippen LogP contribution is 2.39. The number of aromatic nitrogens is 4. The lowest BCUT2D eigenvalue weighted by molar-refractivity contribution is -0.385. The van der Waals surface area contributed by atoms with Crippen LogP contribution in [0.25, 0.3) is 21.3 Å². The minimum Gasteiger partial charge on any atom is -0.497 e. The number of ether oxygens (including phenoxy) is 3. The van der Waals surface area contributed by atoms with E-state index in [0.29, 0.717) is 28.7 Å². The minimum atomic E-state index is -0.505. The number of benzene rings is 2. The summed E-state index contributed by atoms with van der Waals surface area (Å²) in [6.45, 7) is 0.890. The molecule has 4 rings (SSSR count). The van der Waals surface area contributed by atoms with Gasteiger partial charge in [-0.3, -0.25) is 10.1 Å². The number of hydrogen-bond donors (Lipinski definition) is 1. The van der Waals surface area contributed by atoms with Crippen molar-refractivity contribution in [1.29, 1.82) is 0 Å². The van der Waals surface area contributed by atoms with Crippen molar-refractivity contribution in [2.24, 2.45) is 0 Å². The van der Waals surface area contributed by atoms with Crippen LogP contribution in [0.15, 0.2) is 48.7 Å². The molecule has 0 aliphatic heterocycles. The molecular formula is C24H25N7O5S. The Morgan fingerprint density at radius 2 is 1.78 bits per heavy atom. The molecule has 2 aromatic heterocycles. The summed E-state index contributed by atoms with van der Waals surface area (Å²) in [6.07, 6.45) is 1.57. The molecule has 2 aromatic carbocycles. The highest BCUT2D eigenvalue weighted by Gasteiger charge is 2.21. The van der Waals surface area contributed by atoms with Crippen LogP contribution in [-0.2, 0) is 0 Å². The van der Waals surface area contributed by atoms with Crippen molar-refractivity contribution in [1.82, 2.24) is 25.1 Å². The fourth-order valence-electron chi connectivity index (χ4n) is 3.25. The monoisotopic (exact) mass is 523 g/mol. The van der Waals surface area contributed by atoms with Gasteiger partial charge in [0, 0.05) is 30.4 Å². The fourth-order valence-corrected chi connectivity index (χ4v) is 4.07. The van der Waals surface area contributed by atoms with Crippen molar-refractivity contribution >= 4 is 28.7 Å². The van der Waals surface area contributed by atoms with Crippen molar-refractivity contribution in [3.63, 3.8) is 0 Å². The number of nitrogens with one attached hydrogen (secondary N) is 1. The van der Waals surface area contributed by atoms with Crippen LogP contribution in [-0.4, -0.2) is 71.5 Å². The second-order valence-corrected chi connectivity index (χ2v) is 8.94. The lowest BCUT2D eigenvalue weighted by atomic mass is 10.2. The number of nitro benzene ring substituents is 1. The van der Waals surface area contributed by atoms with Crippen LogP contribution < -0.4 is 19.5 Å². The Hall–Kier alpha value is -4.36. The third kappa shape index (κ3) is 6.26. The van der Waals surface area contributed by atoms with E-state index in [1.165, 1.54) is 30.6 Å². The molecular weight excluding hydrogens is 498 g/mol. The van der Waals surface area contributed by atoms with Crippen molar-refractivity contribution in [2.75, 3.05) is 46.8 Å². The molecule has 13 heteroatoms.